The molecular weight excluding hydrogens is 307 g/mol. The van der Waals surface area contributed by atoms with Gasteiger partial charge in [0.2, 0.25) is 0 Å². The monoisotopic (exact) mass is 317 g/mol. The first-order chi connectivity index (χ1) is 9.83. The highest BCUT2D eigenvalue weighted by molar-refractivity contribution is 6.30. The highest BCUT2D eigenvalue weighted by Crippen LogP contribution is 2.26. The molecule has 2 aromatic carbocycles. The van der Waals surface area contributed by atoms with E-state index in [4.69, 9.17) is 22.1 Å². The molecular formula is C14H11ClF3NO2. The third-order valence-electron chi connectivity index (χ3n) is 2.52. The maximum Gasteiger partial charge on any atom is 0.573 e. The molecule has 21 heavy (non-hydrogen) atoms. The second-order valence-electron chi connectivity index (χ2n) is 4.16. The van der Waals surface area contributed by atoms with Gasteiger partial charge in [-0.25, -0.2) is 0 Å². The van der Waals surface area contributed by atoms with Gasteiger partial charge in [-0.15, -0.1) is 13.2 Å². The van der Waals surface area contributed by atoms with Gasteiger partial charge < -0.3 is 15.2 Å². The van der Waals surface area contributed by atoms with Crippen LogP contribution >= 0.6 is 11.6 Å². The van der Waals surface area contributed by atoms with E-state index in [1.807, 2.05) is 0 Å². The van der Waals surface area contributed by atoms with Gasteiger partial charge in [0, 0.05) is 5.02 Å². The van der Waals surface area contributed by atoms with Gasteiger partial charge in [0.1, 0.15) is 18.1 Å². The number of nitrogen functional groups attached to an aromatic ring is 1. The van der Waals surface area contributed by atoms with Crippen LogP contribution in [0, 0.1) is 0 Å². The predicted octanol–water partition coefficient (Wildman–Crippen LogP) is 4.40. The first kappa shape index (κ1) is 15.3. The Labute approximate surface area is 124 Å². The molecule has 0 heterocycles. The van der Waals surface area contributed by atoms with Gasteiger partial charge in [-0.1, -0.05) is 23.7 Å². The van der Waals surface area contributed by atoms with E-state index in [1.54, 1.807) is 18.2 Å². The van der Waals surface area contributed by atoms with Gasteiger partial charge in [-0.05, 0) is 35.9 Å². The van der Waals surface area contributed by atoms with Crippen molar-refractivity contribution >= 4 is 17.3 Å². The maximum atomic E-state index is 12.0. The van der Waals surface area contributed by atoms with Crippen LogP contribution in [-0.2, 0) is 6.61 Å². The Bertz CT molecular complexity index is 615. The number of benzene rings is 2. The second-order valence-corrected chi connectivity index (χ2v) is 4.60. The predicted molar refractivity (Wildman–Crippen MR) is 73.3 cm³/mol. The zero-order chi connectivity index (χ0) is 15.5. The third kappa shape index (κ3) is 4.75. The van der Waals surface area contributed by atoms with E-state index in [0.29, 0.717) is 22.0 Å². The van der Waals surface area contributed by atoms with Gasteiger partial charge in [-0.3, -0.25) is 0 Å². The van der Waals surface area contributed by atoms with Crippen LogP contribution in [0.1, 0.15) is 5.56 Å². The minimum absolute atomic E-state index is 0.165. The van der Waals surface area contributed by atoms with Gasteiger partial charge >= 0.3 is 6.36 Å². The molecule has 2 rings (SSSR count). The van der Waals surface area contributed by atoms with E-state index >= 15 is 0 Å². The van der Waals surface area contributed by atoms with E-state index in [9.17, 15) is 13.2 Å². The van der Waals surface area contributed by atoms with Gasteiger partial charge in [-0.2, -0.15) is 0 Å². The summed E-state index contributed by atoms with van der Waals surface area (Å²) in [5.74, 6) is 0.173. The molecule has 0 saturated carbocycles. The fourth-order valence-corrected chi connectivity index (χ4v) is 1.78. The first-order valence-electron chi connectivity index (χ1n) is 5.86. The molecule has 0 radical (unpaired) electrons. The molecule has 0 spiro atoms. The van der Waals surface area contributed by atoms with E-state index in [-0.39, 0.29) is 12.4 Å². The van der Waals surface area contributed by atoms with Gasteiger partial charge in [0.25, 0.3) is 0 Å². The number of ether oxygens (including phenoxy) is 2. The Balaban J connectivity index is 1.97. The van der Waals surface area contributed by atoms with Crippen LogP contribution in [0.15, 0.2) is 42.5 Å². The molecule has 0 aliphatic rings. The molecule has 0 aliphatic heterocycles. The Morgan fingerprint density at radius 2 is 1.71 bits per heavy atom. The van der Waals surface area contributed by atoms with Crippen molar-refractivity contribution in [2.75, 3.05) is 5.73 Å². The van der Waals surface area contributed by atoms with E-state index in [2.05, 4.69) is 4.74 Å². The van der Waals surface area contributed by atoms with Crippen molar-refractivity contribution in [2.45, 2.75) is 13.0 Å². The molecule has 0 aliphatic carbocycles. The Kier molecular flexibility index (Phi) is 4.47. The van der Waals surface area contributed by atoms with Crippen molar-refractivity contribution in [2.24, 2.45) is 0 Å². The molecule has 3 nitrogen and oxygen atoms in total. The van der Waals surface area contributed by atoms with Crippen LogP contribution in [0.5, 0.6) is 11.5 Å². The summed E-state index contributed by atoms with van der Waals surface area (Å²) in [6.45, 7) is 0.165. The fourth-order valence-electron chi connectivity index (χ4n) is 1.60. The third-order valence-corrected chi connectivity index (χ3v) is 2.76. The number of rotatable bonds is 4. The van der Waals surface area contributed by atoms with Crippen LogP contribution in [-0.4, -0.2) is 6.36 Å². The van der Waals surface area contributed by atoms with Crippen LogP contribution in [0.2, 0.25) is 5.02 Å². The smallest absolute Gasteiger partial charge is 0.487 e. The van der Waals surface area contributed by atoms with Crippen molar-refractivity contribution in [1.29, 1.82) is 0 Å². The van der Waals surface area contributed by atoms with Crippen LogP contribution in [0.25, 0.3) is 0 Å². The Morgan fingerprint density at radius 3 is 2.29 bits per heavy atom. The minimum Gasteiger partial charge on any atom is -0.487 e. The highest BCUT2D eigenvalue weighted by Gasteiger charge is 2.30. The first-order valence-corrected chi connectivity index (χ1v) is 6.24. The van der Waals surface area contributed by atoms with Crippen molar-refractivity contribution < 1.29 is 22.6 Å². The fraction of sp³-hybridized carbons (Fsp3) is 0.143. The summed E-state index contributed by atoms with van der Waals surface area (Å²) in [6, 6.07) is 10.2. The molecule has 0 aromatic heterocycles. The summed E-state index contributed by atoms with van der Waals surface area (Å²) in [5.41, 5.74) is 6.79. The van der Waals surface area contributed by atoms with Crippen LogP contribution in [0.3, 0.4) is 0 Å². The van der Waals surface area contributed by atoms with Crippen molar-refractivity contribution in [3.8, 4) is 11.5 Å². The lowest BCUT2D eigenvalue weighted by Gasteiger charge is -2.11. The number of hydrogen-bond acceptors (Lipinski definition) is 3. The summed E-state index contributed by atoms with van der Waals surface area (Å²) < 4.78 is 45.3. The van der Waals surface area contributed by atoms with E-state index < -0.39 is 6.36 Å². The SMILES string of the molecule is Nc1cc(Cl)ccc1OCc1ccc(OC(F)(F)F)cc1. The number of anilines is 1. The zero-order valence-electron chi connectivity index (χ0n) is 10.7. The molecule has 0 fully saturated rings. The molecule has 7 heteroatoms. The number of nitrogens with two attached hydrogens (primary N) is 1. The van der Waals surface area contributed by atoms with Crippen molar-refractivity contribution in [3.05, 3.63) is 53.1 Å². The molecule has 2 aromatic rings. The largest absolute Gasteiger partial charge is 0.573 e. The second kappa shape index (κ2) is 6.13. The molecule has 112 valence electrons. The summed E-state index contributed by atoms with van der Waals surface area (Å²) >= 11 is 5.76. The molecule has 0 bridgehead atoms. The Morgan fingerprint density at radius 1 is 1.05 bits per heavy atom. The topological polar surface area (TPSA) is 44.5 Å². The maximum absolute atomic E-state index is 12.0. The minimum atomic E-state index is -4.70. The summed E-state index contributed by atoms with van der Waals surface area (Å²) in [5, 5.41) is 0.494. The normalized spacial score (nSPS) is 11.2. The summed E-state index contributed by atoms with van der Waals surface area (Å²) in [6.07, 6.45) is -4.70. The number of alkyl halides is 3. The average molecular weight is 318 g/mol. The van der Waals surface area contributed by atoms with E-state index in [1.165, 1.54) is 24.3 Å². The van der Waals surface area contributed by atoms with Gasteiger partial charge in [0.15, 0.2) is 0 Å². The quantitative estimate of drug-likeness (QED) is 0.850. The lowest BCUT2D eigenvalue weighted by atomic mass is 10.2. The summed E-state index contributed by atoms with van der Waals surface area (Å²) in [4.78, 5) is 0. The van der Waals surface area contributed by atoms with E-state index in [0.717, 1.165) is 0 Å². The van der Waals surface area contributed by atoms with Crippen LogP contribution in [0.4, 0.5) is 18.9 Å². The molecule has 2 N–H and O–H groups in total. The van der Waals surface area contributed by atoms with Gasteiger partial charge in [0.05, 0.1) is 5.69 Å². The highest BCUT2D eigenvalue weighted by atomic mass is 35.5. The molecule has 0 amide bonds. The zero-order valence-corrected chi connectivity index (χ0v) is 11.4. The lowest BCUT2D eigenvalue weighted by Crippen LogP contribution is -2.17. The summed E-state index contributed by atoms with van der Waals surface area (Å²) in [7, 11) is 0. The Hall–Kier alpha value is -2.08. The van der Waals surface area contributed by atoms with Crippen molar-refractivity contribution in [3.63, 3.8) is 0 Å². The van der Waals surface area contributed by atoms with Crippen LogP contribution < -0.4 is 15.2 Å². The van der Waals surface area contributed by atoms with Crippen molar-refractivity contribution in [1.82, 2.24) is 0 Å². The standard InChI is InChI=1S/C14H11ClF3NO2/c15-10-3-6-13(12(19)7-10)20-8-9-1-4-11(5-2-9)21-14(16,17)18/h1-7H,8,19H2. The number of halogens is 4. The molecule has 0 unspecified atom stereocenters. The average Bonchev–Trinajstić information content (AvgIpc) is 2.38. The number of hydrogen-bond donors (Lipinski definition) is 1. The lowest BCUT2D eigenvalue weighted by molar-refractivity contribution is -0.274. The molecule has 0 saturated heterocycles. The molecule has 0 atom stereocenters.